The molecule has 0 aromatic heterocycles. The molecule has 128 valence electrons. The third-order valence-corrected chi connectivity index (χ3v) is 4.27. The minimum absolute atomic E-state index is 0.0327. The Balaban J connectivity index is 1.91. The van der Waals surface area contributed by atoms with Gasteiger partial charge >= 0.3 is 0 Å². The van der Waals surface area contributed by atoms with Crippen LogP contribution in [0.5, 0.6) is 5.75 Å². The number of hydrogen-bond donors (Lipinski definition) is 1. The van der Waals surface area contributed by atoms with Crippen LogP contribution in [0.1, 0.15) is 25.3 Å². The van der Waals surface area contributed by atoms with Crippen molar-refractivity contribution >= 4 is 33.2 Å². The van der Waals surface area contributed by atoms with Gasteiger partial charge in [0.15, 0.2) is 6.61 Å². The second-order valence-corrected chi connectivity index (χ2v) is 6.98. The summed E-state index contributed by atoms with van der Waals surface area (Å²) in [6.07, 6.45) is 0. The standard InChI is InChI=1S/C19H23BrN2O2/c1-13(2)14-5-10-18(17(20)11-14)24-12-19(23)21-15-6-8-16(9-7-15)22(3)4/h5-11,13H,12H2,1-4H3,(H,21,23). The summed E-state index contributed by atoms with van der Waals surface area (Å²) in [5.41, 5.74) is 3.06. The van der Waals surface area contributed by atoms with Crippen molar-refractivity contribution in [1.82, 2.24) is 0 Å². The predicted molar refractivity (Wildman–Crippen MR) is 103 cm³/mol. The molecule has 24 heavy (non-hydrogen) atoms. The molecule has 2 aromatic carbocycles. The maximum absolute atomic E-state index is 12.0. The zero-order chi connectivity index (χ0) is 17.7. The summed E-state index contributed by atoms with van der Waals surface area (Å²) >= 11 is 3.49. The Morgan fingerprint density at radius 2 is 1.83 bits per heavy atom. The highest BCUT2D eigenvalue weighted by Crippen LogP contribution is 2.28. The maximum Gasteiger partial charge on any atom is 0.262 e. The quantitative estimate of drug-likeness (QED) is 0.779. The molecule has 0 fully saturated rings. The van der Waals surface area contributed by atoms with Gasteiger partial charge in [-0.05, 0) is 63.8 Å². The fourth-order valence-corrected chi connectivity index (χ4v) is 2.69. The molecule has 0 aliphatic rings. The second kappa shape index (κ2) is 8.20. The van der Waals surface area contributed by atoms with Gasteiger partial charge in [-0.3, -0.25) is 4.79 Å². The van der Waals surface area contributed by atoms with Gasteiger partial charge in [-0.25, -0.2) is 0 Å². The van der Waals surface area contributed by atoms with Gasteiger partial charge in [-0.1, -0.05) is 19.9 Å². The van der Waals surface area contributed by atoms with Crippen LogP contribution in [-0.2, 0) is 4.79 Å². The van der Waals surface area contributed by atoms with E-state index in [1.54, 1.807) is 0 Å². The number of rotatable bonds is 6. The Hall–Kier alpha value is -2.01. The molecule has 5 heteroatoms. The number of amides is 1. The third kappa shape index (κ3) is 4.99. The number of anilines is 2. The molecule has 1 amide bonds. The lowest BCUT2D eigenvalue weighted by Crippen LogP contribution is -2.20. The van der Waals surface area contributed by atoms with Crippen molar-refractivity contribution in [2.24, 2.45) is 0 Å². The van der Waals surface area contributed by atoms with Gasteiger partial charge in [0.2, 0.25) is 0 Å². The van der Waals surface area contributed by atoms with Crippen LogP contribution in [0.2, 0.25) is 0 Å². The summed E-state index contributed by atoms with van der Waals surface area (Å²) in [5, 5.41) is 2.83. The van der Waals surface area contributed by atoms with Gasteiger partial charge in [0.05, 0.1) is 4.47 Å². The molecule has 0 unspecified atom stereocenters. The number of ether oxygens (including phenoxy) is 1. The number of nitrogens with one attached hydrogen (secondary N) is 1. The van der Waals surface area contributed by atoms with E-state index in [1.807, 2.05) is 61.5 Å². The molecule has 0 aliphatic heterocycles. The topological polar surface area (TPSA) is 41.6 Å². The highest BCUT2D eigenvalue weighted by Gasteiger charge is 2.08. The largest absolute Gasteiger partial charge is 0.483 e. The lowest BCUT2D eigenvalue weighted by molar-refractivity contribution is -0.118. The molecule has 0 heterocycles. The molecule has 0 aliphatic carbocycles. The van der Waals surface area contributed by atoms with Gasteiger partial charge in [0, 0.05) is 25.5 Å². The molecular weight excluding hydrogens is 368 g/mol. The fourth-order valence-electron chi connectivity index (χ4n) is 2.18. The van der Waals surface area contributed by atoms with Crippen LogP contribution >= 0.6 is 15.9 Å². The van der Waals surface area contributed by atoms with Crippen LogP contribution < -0.4 is 15.0 Å². The summed E-state index contributed by atoms with van der Waals surface area (Å²) in [7, 11) is 3.95. The first-order valence-electron chi connectivity index (χ1n) is 7.86. The van der Waals surface area contributed by atoms with E-state index in [4.69, 9.17) is 4.74 Å². The molecular formula is C19H23BrN2O2. The zero-order valence-electron chi connectivity index (χ0n) is 14.5. The van der Waals surface area contributed by atoms with E-state index < -0.39 is 0 Å². The first-order chi connectivity index (χ1) is 11.4. The Kier molecular flexibility index (Phi) is 6.26. The first kappa shape index (κ1) is 18.3. The number of halogens is 1. The van der Waals surface area contributed by atoms with Crippen molar-refractivity contribution in [2.75, 3.05) is 30.9 Å². The smallest absolute Gasteiger partial charge is 0.262 e. The zero-order valence-corrected chi connectivity index (χ0v) is 16.1. The summed E-state index contributed by atoms with van der Waals surface area (Å²) < 4.78 is 6.46. The molecule has 0 bridgehead atoms. The average Bonchev–Trinajstić information content (AvgIpc) is 2.54. The number of carbonyl (C=O) groups excluding carboxylic acids is 1. The van der Waals surface area contributed by atoms with Crippen LogP contribution in [0.3, 0.4) is 0 Å². The molecule has 0 saturated heterocycles. The van der Waals surface area contributed by atoms with Crippen molar-refractivity contribution < 1.29 is 9.53 Å². The molecule has 4 nitrogen and oxygen atoms in total. The Morgan fingerprint density at radius 3 is 2.38 bits per heavy atom. The average molecular weight is 391 g/mol. The highest BCUT2D eigenvalue weighted by atomic mass is 79.9. The minimum atomic E-state index is -0.188. The van der Waals surface area contributed by atoms with Crippen LogP contribution in [0.4, 0.5) is 11.4 Å². The number of hydrogen-bond acceptors (Lipinski definition) is 3. The van der Waals surface area contributed by atoms with Crippen LogP contribution in [-0.4, -0.2) is 26.6 Å². The normalized spacial score (nSPS) is 10.6. The Labute approximate surface area is 151 Å². The maximum atomic E-state index is 12.0. The molecule has 2 aromatic rings. The molecule has 0 saturated carbocycles. The van der Waals surface area contributed by atoms with E-state index in [0.717, 1.165) is 15.8 Å². The van der Waals surface area contributed by atoms with Gasteiger partial charge in [-0.15, -0.1) is 0 Å². The van der Waals surface area contributed by atoms with Crippen molar-refractivity contribution in [3.8, 4) is 5.75 Å². The molecule has 1 N–H and O–H groups in total. The molecule has 2 rings (SSSR count). The molecule has 0 atom stereocenters. The number of carbonyl (C=O) groups is 1. The van der Waals surface area contributed by atoms with E-state index in [1.165, 1.54) is 5.56 Å². The molecule has 0 spiro atoms. The van der Waals surface area contributed by atoms with Crippen LogP contribution in [0.25, 0.3) is 0 Å². The van der Waals surface area contributed by atoms with Crippen molar-refractivity contribution in [3.05, 3.63) is 52.5 Å². The molecule has 0 radical (unpaired) electrons. The Morgan fingerprint density at radius 1 is 1.17 bits per heavy atom. The van der Waals surface area contributed by atoms with Crippen molar-refractivity contribution in [3.63, 3.8) is 0 Å². The highest BCUT2D eigenvalue weighted by molar-refractivity contribution is 9.10. The van der Waals surface area contributed by atoms with E-state index in [0.29, 0.717) is 11.7 Å². The predicted octanol–water partition coefficient (Wildman–Crippen LogP) is 4.66. The lowest BCUT2D eigenvalue weighted by Gasteiger charge is -2.13. The van der Waals surface area contributed by atoms with Gasteiger partial charge in [0.1, 0.15) is 5.75 Å². The van der Waals surface area contributed by atoms with Gasteiger partial charge < -0.3 is 15.0 Å². The van der Waals surface area contributed by atoms with E-state index in [-0.39, 0.29) is 12.5 Å². The SMILES string of the molecule is CC(C)c1ccc(OCC(=O)Nc2ccc(N(C)C)cc2)c(Br)c1. The Bertz CT molecular complexity index is 697. The fraction of sp³-hybridized carbons (Fsp3) is 0.316. The summed E-state index contributed by atoms with van der Waals surface area (Å²) in [6.45, 7) is 4.24. The number of benzene rings is 2. The van der Waals surface area contributed by atoms with E-state index in [2.05, 4.69) is 35.1 Å². The third-order valence-electron chi connectivity index (χ3n) is 3.65. The summed E-state index contributed by atoms with van der Waals surface area (Å²) in [6, 6.07) is 13.6. The van der Waals surface area contributed by atoms with E-state index >= 15 is 0 Å². The second-order valence-electron chi connectivity index (χ2n) is 6.12. The van der Waals surface area contributed by atoms with Crippen molar-refractivity contribution in [1.29, 1.82) is 0 Å². The minimum Gasteiger partial charge on any atom is -0.483 e. The lowest BCUT2D eigenvalue weighted by atomic mass is 10.0. The van der Waals surface area contributed by atoms with Crippen LogP contribution in [0.15, 0.2) is 46.9 Å². The van der Waals surface area contributed by atoms with Gasteiger partial charge in [0.25, 0.3) is 5.91 Å². The van der Waals surface area contributed by atoms with E-state index in [9.17, 15) is 4.79 Å². The van der Waals surface area contributed by atoms with Crippen molar-refractivity contribution in [2.45, 2.75) is 19.8 Å². The van der Waals surface area contributed by atoms with Crippen LogP contribution in [0, 0.1) is 0 Å². The summed E-state index contributed by atoms with van der Waals surface area (Å²) in [5.74, 6) is 0.925. The monoisotopic (exact) mass is 390 g/mol. The van der Waals surface area contributed by atoms with Gasteiger partial charge in [-0.2, -0.15) is 0 Å². The summed E-state index contributed by atoms with van der Waals surface area (Å²) in [4.78, 5) is 14.0. The number of nitrogens with zero attached hydrogens (tertiary/aromatic N) is 1. The first-order valence-corrected chi connectivity index (χ1v) is 8.65.